The van der Waals surface area contributed by atoms with Crippen molar-refractivity contribution in [2.75, 3.05) is 12.0 Å². The van der Waals surface area contributed by atoms with Crippen LogP contribution in [-0.2, 0) is 14.8 Å². The normalized spacial score (nSPS) is 12.3. The number of nitrogens with one attached hydrogen (secondary N) is 3. The van der Waals surface area contributed by atoms with Crippen molar-refractivity contribution in [2.45, 2.75) is 45.1 Å². The number of aryl methyl sites for hydroxylation is 4. The smallest absolute Gasteiger partial charge is 0.269 e. The lowest BCUT2D eigenvalue weighted by atomic mass is 10.1. The second-order valence-corrected chi connectivity index (χ2v) is 10.2. The SMILES string of the molecule is CSCCC(NS(=O)(=O)c1cc(C)ccc1C)C(=O)NNC(=O)c1ccc(C)cc1C. The monoisotopic (exact) mass is 463 g/mol. The lowest BCUT2D eigenvalue weighted by molar-refractivity contribution is -0.123. The zero-order chi connectivity index (χ0) is 23.2. The van der Waals surface area contributed by atoms with Crippen LogP contribution in [0.4, 0.5) is 0 Å². The molecule has 0 saturated heterocycles. The Balaban J connectivity index is 2.14. The number of hydrogen-bond donors (Lipinski definition) is 3. The van der Waals surface area contributed by atoms with Gasteiger partial charge in [-0.25, -0.2) is 8.42 Å². The first-order valence-electron chi connectivity index (χ1n) is 9.81. The third-order valence-corrected chi connectivity index (χ3v) is 7.04. The molecule has 0 aromatic heterocycles. The Morgan fingerprint density at radius 2 is 1.58 bits per heavy atom. The average Bonchev–Trinajstić information content (AvgIpc) is 2.70. The molecule has 0 heterocycles. The van der Waals surface area contributed by atoms with Crippen molar-refractivity contribution >= 4 is 33.6 Å². The standard InChI is InChI=1S/C22H29N3O4S2/c1-14-7-9-18(17(4)12-14)21(26)23-24-22(27)19(10-11-30-5)25-31(28,29)20-13-15(2)6-8-16(20)3/h6-9,12-13,19,25H,10-11H2,1-5H3,(H,23,26)(H,24,27). The molecule has 2 rings (SSSR count). The Labute approximate surface area is 188 Å². The summed E-state index contributed by atoms with van der Waals surface area (Å²) in [4.78, 5) is 25.3. The predicted molar refractivity (Wildman–Crippen MR) is 125 cm³/mol. The van der Waals surface area contributed by atoms with E-state index in [9.17, 15) is 18.0 Å². The highest BCUT2D eigenvalue weighted by Crippen LogP contribution is 2.18. The minimum absolute atomic E-state index is 0.133. The molecule has 0 radical (unpaired) electrons. The average molecular weight is 464 g/mol. The van der Waals surface area contributed by atoms with Crippen LogP contribution in [0, 0.1) is 27.7 Å². The molecule has 0 bridgehead atoms. The molecule has 0 aliphatic carbocycles. The number of hydrogen-bond acceptors (Lipinski definition) is 5. The van der Waals surface area contributed by atoms with Crippen molar-refractivity contribution in [1.82, 2.24) is 15.6 Å². The van der Waals surface area contributed by atoms with Crippen molar-refractivity contribution in [2.24, 2.45) is 0 Å². The predicted octanol–water partition coefficient (Wildman–Crippen LogP) is 2.78. The number of sulfonamides is 1. The largest absolute Gasteiger partial charge is 0.271 e. The van der Waals surface area contributed by atoms with Gasteiger partial charge >= 0.3 is 0 Å². The zero-order valence-corrected chi connectivity index (χ0v) is 20.0. The maximum Gasteiger partial charge on any atom is 0.269 e. The van der Waals surface area contributed by atoms with Crippen LogP contribution in [0.5, 0.6) is 0 Å². The van der Waals surface area contributed by atoms with Crippen molar-refractivity contribution in [3.8, 4) is 0 Å². The Morgan fingerprint density at radius 3 is 2.23 bits per heavy atom. The summed E-state index contributed by atoms with van der Waals surface area (Å²) in [6.07, 6.45) is 2.15. The molecule has 31 heavy (non-hydrogen) atoms. The van der Waals surface area contributed by atoms with E-state index in [0.717, 1.165) is 16.7 Å². The van der Waals surface area contributed by atoms with Gasteiger partial charge in [-0.15, -0.1) is 0 Å². The fraction of sp³-hybridized carbons (Fsp3) is 0.364. The number of carbonyl (C=O) groups is 2. The van der Waals surface area contributed by atoms with Crippen LogP contribution in [0.25, 0.3) is 0 Å². The van der Waals surface area contributed by atoms with Gasteiger partial charge in [-0.1, -0.05) is 29.8 Å². The van der Waals surface area contributed by atoms with E-state index in [0.29, 0.717) is 16.9 Å². The maximum atomic E-state index is 12.9. The molecule has 168 valence electrons. The summed E-state index contributed by atoms with van der Waals surface area (Å²) in [7, 11) is -3.92. The molecule has 1 atom stereocenters. The number of carbonyl (C=O) groups excluding carboxylic acids is 2. The van der Waals surface area contributed by atoms with Gasteiger partial charge in [0, 0.05) is 5.56 Å². The maximum absolute atomic E-state index is 12.9. The highest BCUT2D eigenvalue weighted by molar-refractivity contribution is 7.98. The molecule has 2 amide bonds. The van der Waals surface area contributed by atoms with Gasteiger partial charge in [0.05, 0.1) is 4.90 Å². The topological polar surface area (TPSA) is 104 Å². The van der Waals surface area contributed by atoms with Gasteiger partial charge in [0.1, 0.15) is 6.04 Å². The molecule has 0 spiro atoms. The molecule has 2 aromatic rings. The van der Waals surface area contributed by atoms with E-state index in [4.69, 9.17) is 0 Å². The molecule has 7 nitrogen and oxygen atoms in total. The van der Waals surface area contributed by atoms with Gasteiger partial charge in [0.25, 0.3) is 11.8 Å². The van der Waals surface area contributed by atoms with E-state index >= 15 is 0 Å². The van der Waals surface area contributed by atoms with E-state index in [2.05, 4.69) is 15.6 Å². The summed E-state index contributed by atoms with van der Waals surface area (Å²) in [6.45, 7) is 7.24. The van der Waals surface area contributed by atoms with Gasteiger partial charge in [0.15, 0.2) is 0 Å². The summed E-state index contributed by atoms with van der Waals surface area (Å²) in [5, 5.41) is 0. The summed E-state index contributed by atoms with van der Waals surface area (Å²) in [6, 6.07) is 9.46. The second kappa shape index (κ2) is 10.8. The molecule has 2 aromatic carbocycles. The van der Waals surface area contributed by atoms with E-state index in [1.54, 1.807) is 32.0 Å². The number of hydrazine groups is 1. The summed E-state index contributed by atoms with van der Waals surface area (Å²) >= 11 is 1.50. The van der Waals surface area contributed by atoms with Gasteiger partial charge in [-0.3, -0.25) is 20.4 Å². The van der Waals surface area contributed by atoms with Crippen molar-refractivity contribution in [3.05, 3.63) is 64.2 Å². The Bertz CT molecular complexity index is 1070. The first-order chi connectivity index (χ1) is 14.5. The highest BCUT2D eigenvalue weighted by Gasteiger charge is 2.27. The number of amides is 2. The Morgan fingerprint density at radius 1 is 0.935 bits per heavy atom. The Hall–Kier alpha value is -2.36. The molecule has 1 unspecified atom stereocenters. The summed E-state index contributed by atoms with van der Waals surface area (Å²) in [5.74, 6) is -0.522. The summed E-state index contributed by atoms with van der Waals surface area (Å²) < 4.78 is 28.4. The van der Waals surface area contributed by atoms with Gasteiger partial charge in [-0.2, -0.15) is 16.5 Å². The zero-order valence-electron chi connectivity index (χ0n) is 18.4. The molecule has 0 aliphatic rings. The quantitative estimate of drug-likeness (QED) is 0.522. The third-order valence-electron chi connectivity index (χ3n) is 4.78. The highest BCUT2D eigenvalue weighted by atomic mass is 32.2. The fourth-order valence-electron chi connectivity index (χ4n) is 3.07. The van der Waals surface area contributed by atoms with Crippen LogP contribution in [0.1, 0.15) is 39.0 Å². The first kappa shape index (κ1) is 24.9. The van der Waals surface area contributed by atoms with Crippen molar-refractivity contribution in [3.63, 3.8) is 0 Å². The number of benzene rings is 2. The molecule has 3 N–H and O–H groups in total. The minimum atomic E-state index is -3.92. The van der Waals surface area contributed by atoms with Crippen LogP contribution in [0.3, 0.4) is 0 Å². The van der Waals surface area contributed by atoms with Crippen LogP contribution in [0.15, 0.2) is 41.3 Å². The van der Waals surface area contributed by atoms with Crippen LogP contribution in [-0.4, -0.2) is 38.3 Å². The Kier molecular flexibility index (Phi) is 8.67. The van der Waals surface area contributed by atoms with Gasteiger partial charge in [0.2, 0.25) is 10.0 Å². The lowest BCUT2D eigenvalue weighted by Crippen LogP contribution is -2.52. The van der Waals surface area contributed by atoms with Crippen LogP contribution >= 0.6 is 11.8 Å². The lowest BCUT2D eigenvalue weighted by Gasteiger charge is -2.19. The first-order valence-corrected chi connectivity index (χ1v) is 12.7. The number of thioether (sulfide) groups is 1. The fourth-order valence-corrected chi connectivity index (χ4v) is 5.10. The van der Waals surface area contributed by atoms with E-state index in [1.165, 1.54) is 11.8 Å². The molecule has 9 heteroatoms. The van der Waals surface area contributed by atoms with Crippen LogP contribution in [0.2, 0.25) is 0 Å². The molecular formula is C22H29N3O4S2. The molecular weight excluding hydrogens is 434 g/mol. The van der Waals surface area contributed by atoms with E-state index < -0.39 is 27.9 Å². The second-order valence-electron chi connectivity index (χ2n) is 7.49. The van der Waals surface area contributed by atoms with Gasteiger partial charge < -0.3 is 0 Å². The van der Waals surface area contributed by atoms with Crippen molar-refractivity contribution < 1.29 is 18.0 Å². The molecule has 0 fully saturated rings. The van der Waals surface area contributed by atoms with Crippen LogP contribution < -0.4 is 15.6 Å². The molecule has 0 saturated carbocycles. The van der Waals surface area contributed by atoms with E-state index in [1.807, 2.05) is 38.3 Å². The third kappa shape index (κ3) is 6.81. The van der Waals surface area contributed by atoms with Crippen molar-refractivity contribution in [1.29, 1.82) is 0 Å². The summed E-state index contributed by atoms with van der Waals surface area (Å²) in [5.41, 5.74) is 8.37. The molecule has 0 aliphatic heterocycles. The number of rotatable bonds is 8. The van der Waals surface area contributed by atoms with Gasteiger partial charge in [-0.05, 0) is 74.9 Å². The minimum Gasteiger partial charge on any atom is -0.271 e. The van der Waals surface area contributed by atoms with E-state index in [-0.39, 0.29) is 11.3 Å².